The van der Waals surface area contributed by atoms with Crippen LogP contribution in [-0.4, -0.2) is 97.5 Å². The Balaban J connectivity index is 1.05. The predicted molar refractivity (Wildman–Crippen MR) is 121 cm³/mol. The minimum atomic E-state index is 0.0332. The normalized spacial score (nSPS) is 23.5. The van der Waals surface area contributed by atoms with E-state index in [1.54, 1.807) is 0 Å². The Kier molecular flexibility index (Phi) is 6.14. The van der Waals surface area contributed by atoms with Crippen LogP contribution in [0.5, 0.6) is 0 Å². The first-order valence-corrected chi connectivity index (χ1v) is 12.1. The fourth-order valence-electron chi connectivity index (χ4n) is 4.86. The predicted octanol–water partition coefficient (Wildman–Crippen LogP) is 1.40. The van der Waals surface area contributed by atoms with Gasteiger partial charge in [0.2, 0.25) is 5.91 Å². The van der Waals surface area contributed by atoms with Crippen LogP contribution in [0.3, 0.4) is 0 Å². The van der Waals surface area contributed by atoms with Gasteiger partial charge in [0.05, 0.1) is 6.54 Å². The van der Waals surface area contributed by atoms with Crippen LogP contribution in [0.25, 0.3) is 0 Å². The summed E-state index contributed by atoms with van der Waals surface area (Å²) in [6.45, 7) is 8.02. The minimum Gasteiger partial charge on any atom is -0.369 e. The molecular formula is C24H35N5O2. The number of nitrogens with one attached hydrogen (secondary N) is 1. The highest BCUT2D eigenvalue weighted by molar-refractivity contribution is 5.94. The SMILES string of the molecule is O=C(NC1CC1)c1ccc(N2CCN(CC(=O)N3CCN(C4CCC4)CC3)CC2)cc1. The van der Waals surface area contributed by atoms with Gasteiger partial charge in [-0.1, -0.05) is 6.42 Å². The quantitative estimate of drug-likeness (QED) is 0.747. The second-order valence-corrected chi connectivity index (χ2v) is 9.56. The topological polar surface area (TPSA) is 59.1 Å². The first-order valence-electron chi connectivity index (χ1n) is 12.1. The molecule has 0 atom stereocenters. The van der Waals surface area contributed by atoms with E-state index in [0.29, 0.717) is 12.6 Å². The minimum absolute atomic E-state index is 0.0332. The number of amides is 2. The maximum atomic E-state index is 12.8. The van der Waals surface area contributed by atoms with Crippen molar-refractivity contribution >= 4 is 17.5 Å². The van der Waals surface area contributed by atoms with Gasteiger partial charge in [0.1, 0.15) is 0 Å². The van der Waals surface area contributed by atoms with Crippen molar-refractivity contribution in [1.82, 2.24) is 20.0 Å². The van der Waals surface area contributed by atoms with Crippen LogP contribution in [-0.2, 0) is 4.79 Å². The molecule has 2 saturated heterocycles. The summed E-state index contributed by atoms with van der Waals surface area (Å²) in [4.78, 5) is 34.2. The average molecular weight is 426 g/mol. The van der Waals surface area contributed by atoms with Gasteiger partial charge in [0.25, 0.3) is 5.91 Å². The number of rotatable bonds is 6. The van der Waals surface area contributed by atoms with E-state index in [-0.39, 0.29) is 11.8 Å². The number of anilines is 1. The van der Waals surface area contributed by atoms with Crippen molar-refractivity contribution in [3.05, 3.63) is 29.8 Å². The summed E-state index contributed by atoms with van der Waals surface area (Å²) < 4.78 is 0. The van der Waals surface area contributed by atoms with E-state index < -0.39 is 0 Å². The van der Waals surface area contributed by atoms with Crippen molar-refractivity contribution in [3.8, 4) is 0 Å². The van der Waals surface area contributed by atoms with E-state index >= 15 is 0 Å². The van der Waals surface area contributed by atoms with Crippen LogP contribution >= 0.6 is 0 Å². The molecule has 0 radical (unpaired) electrons. The van der Waals surface area contributed by atoms with Crippen LogP contribution in [0.4, 0.5) is 5.69 Å². The van der Waals surface area contributed by atoms with Crippen molar-refractivity contribution in [2.24, 2.45) is 0 Å². The number of carbonyl (C=O) groups excluding carboxylic acids is 2. The average Bonchev–Trinajstić information content (AvgIpc) is 3.58. The van der Waals surface area contributed by atoms with Crippen LogP contribution in [0, 0.1) is 0 Å². The van der Waals surface area contributed by atoms with Gasteiger partial charge in [0, 0.05) is 75.7 Å². The molecule has 5 rings (SSSR count). The Labute approximate surface area is 185 Å². The standard InChI is InChI=1S/C24H35N5O2/c30-23(29-16-14-28(15-17-29)21-2-1-3-21)18-26-10-12-27(13-11-26)22-8-4-19(5-9-22)24(31)25-20-6-7-20/h4-5,8-9,20-21H,1-3,6-7,10-18H2,(H,25,31). The zero-order chi connectivity index (χ0) is 21.2. The van der Waals surface area contributed by atoms with Crippen LogP contribution in [0.15, 0.2) is 24.3 Å². The molecule has 0 bridgehead atoms. The molecule has 31 heavy (non-hydrogen) atoms. The third-order valence-electron chi connectivity index (χ3n) is 7.40. The largest absolute Gasteiger partial charge is 0.369 e. The molecule has 7 nitrogen and oxygen atoms in total. The van der Waals surface area contributed by atoms with Crippen molar-refractivity contribution in [1.29, 1.82) is 0 Å². The second-order valence-electron chi connectivity index (χ2n) is 9.56. The van der Waals surface area contributed by atoms with Gasteiger partial charge in [-0.2, -0.15) is 0 Å². The maximum absolute atomic E-state index is 12.8. The monoisotopic (exact) mass is 425 g/mol. The number of nitrogens with zero attached hydrogens (tertiary/aromatic N) is 4. The molecule has 2 heterocycles. The Hall–Kier alpha value is -2.12. The summed E-state index contributed by atoms with van der Waals surface area (Å²) >= 11 is 0. The van der Waals surface area contributed by atoms with Crippen LogP contribution in [0.2, 0.25) is 0 Å². The van der Waals surface area contributed by atoms with Gasteiger partial charge < -0.3 is 15.1 Å². The molecule has 2 aliphatic carbocycles. The van der Waals surface area contributed by atoms with Gasteiger partial charge in [0.15, 0.2) is 0 Å². The molecule has 0 aromatic heterocycles. The highest BCUT2D eigenvalue weighted by atomic mass is 16.2. The molecule has 2 amide bonds. The number of piperazine rings is 2. The molecule has 168 valence electrons. The number of hydrogen-bond donors (Lipinski definition) is 1. The first-order chi connectivity index (χ1) is 15.2. The maximum Gasteiger partial charge on any atom is 0.251 e. The van der Waals surface area contributed by atoms with E-state index in [9.17, 15) is 9.59 Å². The summed E-state index contributed by atoms with van der Waals surface area (Å²) in [6, 6.07) is 9.11. The van der Waals surface area contributed by atoms with E-state index in [0.717, 1.165) is 82.5 Å². The van der Waals surface area contributed by atoms with Crippen molar-refractivity contribution in [3.63, 3.8) is 0 Å². The third kappa shape index (κ3) is 5.04. The Morgan fingerprint density at radius 2 is 1.52 bits per heavy atom. The van der Waals surface area contributed by atoms with Crippen LogP contribution < -0.4 is 10.2 Å². The zero-order valence-corrected chi connectivity index (χ0v) is 18.5. The molecule has 2 aliphatic heterocycles. The molecule has 1 aromatic rings. The summed E-state index contributed by atoms with van der Waals surface area (Å²) in [7, 11) is 0. The molecule has 2 saturated carbocycles. The Bertz CT molecular complexity index is 774. The van der Waals surface area contributed by atoms with E-state index in [4.69, 9.17) is 0 Å². The number of benzene rings is 1. The molecule has 4 aliphatic rings. The first kappa shape index (κ1) is 20.8. The molecule has 0 spiro atoms. The molecule has 1 N–H and O–H groups in total. The van der Waals surface area contributed by atoms with E-state index in [1.807, 2.05) is 24.3 Å². The summed E-state index contributed by atoms with van der Waals surface area (Å²) in [5.41, 5.74) is 1.89. The number of carbonyl (C=O) groups is 2. The lowest BCUT2D eigenvalue weighted by molar-refractivity contribution is -0.134. The third-order valence-corrected chi connectivity index (χ3v) is 7.40. The number of hydrogen-bond acceptors (Lipinski definition) is 5. The molecule has 7 heteroatoms. The Morgan fingerprint density at radius 1 is 0.839 bits per heavy atom. The lowest BCUT2D eigenvalue weighted by atomic mass is 9.91. The zero-order valence-electron chi connectivity index (χ0n) is 18.5. The van der Waals surface area contributed by atoms with Crippen molar-refractivity contribution in [2.75, 3.05) is 63.8 Å². The highest BCUT2D eigenvalue weighted by Crippen LogP contribution is 2.25. The smallest absolute Gasteiger partial charge is 0.251 e. The second kappa shape index (κ2) is 9.17. The van der Waals surface area contributed by atoms with E-state index in [2.05, 4.69) is 24.9 Å². The molecule has 1 aromatic carbocycles. The Morgan fingerprint density at radius 3 is 2.10 bits per heavy atom. The van der Waals surface area contributed by atoms with Crippen molar-refractivity contribution < 1.29 is 9.59 Å². The summed E-state index contributed by atoms with van der Waals surface area (Å²) in [5, 5.41) is 3.04. The van der Waals surface area contributed by atoms with Gasteiger partial charge in [-0.05, 0) is 49.9 Å². The van der Waals surface area contributed by atoms with Gasteiger partial charge >= 0.3 is 0 Å². The van der Waals surface area contributed by atoms with Gasteiger partial charge in [-0.3, -0.25) is 19.4 Å². The van der Waals surface area contributed by atoms with Gasteiger partial charge in [-0.25, -0.2) is 0 Å². The lowest BCUT2D eigenvalue weighted by Gasteiger charge is -2.43. The van der Waals surface area contributed by atoms with Gasteiger partial charge in [-0.15, -0.1) is 0 Å². The van der Waals surface area contributed by atoms with Crippen molar-refractivity contribution in [2.45, 2.75) is 44.2 Å². The lowest BCUT2D eigenvalue weighted by Crippen LogP contribution is -2.56. The molecule has 4 fully saturated rings. The summed E-state index contributed by atoms with van der Waals surface area (Å²) in [5.74, 6) is 0.318. The molecular weight excluding hydrogens is 390 g/mol. The summed E-state index contributed by atoms with van der Waals surface area (Å²) in [6.07, 6.45) is 6.26. The fourth-order valence-corrected chi connectivity index (χ4v) is 4.86. The van der Waals surface area contributed by atoms with E-state index in [1.165, 1.54) is 19.3 Å². The highest BCUT2D eigenvalue weighted by Gasteiger charge is 2.30. The van der Waals surface area contributed by atoms with Crippen LogP contribution in [0.1, 0.15) is 42.5 Å². The molecule has 0 unspecified atom stereocenters. The fraction of sp³-hybridized carbons (Fsp3) is 0.667.